The average molecular weight is 410 g/mol. The van der Waals surface area contributed by atoms with Gasteiger partial charge in [-0.2, -0.15) is 0 Å². The Morgan fingerprint density at radius 1 is 1.23 bits per heavy atom. The second-order valence-corrected chi connectivity index (χ2v) is 8.31. The van der Waals surface area contributed by atoms with Crippen LogP contribution >= 0.6 is 0 Å². The largest absolute Gasteiger partial charge is 0.465 e. The van der Waals surface area contributed by atoms with Crippen LogP contribution in [0.3, 0.4) is 0 Å². The number of methoxy groups -OCH3 is 1. The number of benzene rings is 1. The average Bonchev–Trinajstić information content (AvgIpc) is 3.09. The molecule has 2 aliphatic carbocycles. The molecule has 6 heteroatoms. The number of carboxylic acid groups (broad SMARTS) is 1. The number of pyridine rings is 1. The predicted octanol–water partition coefficient (Wildman–Crippen LogP) is 4.99. The van der Waals surface area contributed by atoms with Crippen LogP contribution in [-0.4, -0.2) is 35.4 Å². The molecule has 0 saturated heterocycles. The maximum atomic E-state index is 13.4. The fourth-order valence-electron chi connectivity index (χ4n) is 5.17. The molecule has 4 rings (SSSR count). The van der Waals surface area contributed by atoms with Gasteiger partial charge >= 0.3 is 6.09 Å². The molecule has 1 amide bonds. The van der Waals surface area contributed by atoms with E-state index < -0.39 is 6.09 Å². The van der Waals surface area contributed by atoms with Gasteiger partial charge in [-0.3, -0.25) is 4.98 Å². The number of halogens is 1. The molecule has 5 nitrogen and oxygen atoms in total. The van der Waals surface area contributed by atoms with Crippen molar-refractivity contribution in [2.45, 2.75) is 37.8 Å². The molecule has 2 N–H and O–H groups in total. The van der Waals surface area contributed by atoms with Crippen molar-refractivity contribution in [2.24, 2.45) is 17.8 Å². The molecule has 2 aromatic rings. The van der Waals surface area contributed by atoms with Gasteiger partial charge in [-0.1, -0.05) is 24.3 Å². The van der Waals surface area contributed by atoms with E-state index in [1.165, 1.54) is 12.1 Å². The van der Waals surface area contributed by atoms with E-state index in [4.69, 9.17) is 9.84 Å². The number of ether oxygens (including phenoxy) is 1. The van der Waals surface area contributed by atoms with Crippen LogP contribution in [0.4, 0.5) is 9.18 Å². The first-order valence-corrected chi connectivity index (χ1v) is 10.5. The van der Waals surface area contributed by atoms with Crippen LogP contribution in [0, 0.1) is 23.6 Å². The van der Waals surface area contributed by atoms with Crippen molar-refractivity contribution in [1.82, 2.24) is 10.3 Å². The zero-order valence-corrected chi connectivity index (χ0v) is 17.0. The number of rotatable bonds is 5. The van der Waals surface area contributed by atoms with Gasteiger partial charge in [0, 0.05) is 30.8 Å². The summed E-state index contributed by atoms with van der Waals surface area (Å²) in [5.41, 5.74) is 2.55. The van der Waals surface area contributed by atoms with Crippen molar-refractivity contribution in [3.63, 3.8) is 0 Å². The maximum Gasteiger partial charge on any atom is 0.404 e. The van der Waals surface area contributed by atoms with E-state index in [1.807, 2.05) is 24.3 Å². The molecule has 0 aliphatic heterocycles. The summed E-state index contributed by atoms with van der Waals surface area (Å²) >= 11 is 0. The number of hydrogen-bond acceptors (Lipinski definition) is 3. The Bertz CT molecular complexity index is 915. The Kier molecular flexibility index (Phi) is 6.13. The molecule has 1 aromatic heterocycles. The molecule has 2 aliphatic rings. The predicted molar refractivity (Wildman–Crippen MR) is 113 cm³/mol. The fraction of sp³-hybridized carbons (Fsp3) is 0.417. The van der Waals surface area contributed by atoms with Crippen LogP contribution in [0.25, 0.3) is 17.2 Å². The van der Waals surface area contributed by atoms with E-state index in [0.29, 0.717) is 17.8 Å². The van der Waals surface area contributed by atoms with Crippen molar-refractivity contribution >= 4 is 12.2 Å². The van der Waals surface area contributed by atoms with Gasteiger partial charge in [-0.15, -0.1) is 0 Å². The van der Waals surface area contributed by atoms with Crippen molar-refractivity contribution in [2.75, 3.05) is 7.11 Å². The molecule has 2 saturated carbocycles. The summed E-state index contributed by atoms with van der Waals surface area (Å²) < 4.78 is 19.2. The van der Waals surface area contributed by atoms with Crippen LogP contribution in [0.1, 0.15) is 31.4 Å². The number of hydrogen-bond donors (Lipinski definition) is 2. The van der Waals surface area contributed by atoms with Gasteiger partial charge in [0.25, 0.3) is 0 Å². The van der Waals surface area contributed by atoms with Crippen molar-refractivity contribution in [1.29, 1.82) is 0 Å². The number of nitrogens with zero attached hydrogens (tertiary/aromatic N) is 1. The molecular formula is C24H27FN2O3. The van der Waals surface area contributed by atoms with Gasteiger partial charge in [-0.05, 0) is 67.4 Å². The van der Waals surface area contributed by atoms with Crippen molar-refractivity contribution in [3.8, 4) is 11.1 Å². The first-order valence-electron chi connectivity index (χ1n) is 10.5. The fourth-order valence-corrected chi connectivity index (χ4v) is 5.17. The normalized spacial score (nSPS) is 28.4. The summed E-state index contributed by atoms with van der Waals surface area (Å²) in [6.45, 7) is 0. The monoisotopic (exact) mass is 410 g/mol. The molecule has 0 spiro atoms. The number of aromatic nitrogens is 1. The van der Waals surface area contributed by atoms with E-state index in [-0.39, 0.29) is 18.0 Å². The number of carbonyl (C=O) groups is 1. The Morgan fingerprint density at radius 3 is 2.80 bits per heavy atom. The van der Waals surface area contributed by atoms with E-state index in [9.17, 15) is 9.18 Å². The summed E-state index contributed by atoms with van der Waals surface area (Å²) in [7, 11) is 1.75. The minimum Gasteiger partial charge on any atom is -0.465 e. The zero-order valence-electron chi connectivity index (χ0n) is 17.0. The van der Waals surface area contributed by atoms with Crippen molar-refractivity contribution in [3.05, 3.63) is 60.2 Å². The second-order valence-electron chi connectivity index (χ2n) is 8.31. The third kappa shape index (κ3) is 4.54. The highest BCUT2D eigenvalue weighted by Crippen LogP contribution is 2.47. The highest BCUT2D eigenvalue weighted by atomic mass is 19.1. The number of nitrogens with one attached hydrogen (secondary N) is 1. The molecular weight excluding hydrogens is 383 g/mol. The number of fused-ring (bicyclic) bond motifs is 1. The summed E-state index contributed by atoms with van der Waals surface area (Å²) in [4.78, 5) is 15.5. The quantitative estimate of drug-likeness (QED) is 0.729. The van der Waals surface area contributed by atoms with Gasteiger partial charge in [0.2, 0.25) is 0 Å². The lowest BCUT2D eigenvalue weighted by Crippen LogP contribution is -2.39. The van der Waals surface area contributed by atoms with E-state index >= 15 is 0 Å². The van der Waals surface area contributed by atoms with Crippen LogP contribution in [0.5, 0.6) is 0 Å². The molecule has 30 heavy (non-hydrogen) atoms. The summed E-state index contributed by atoms with van der Waals surface area (Å²) in [6.07, 6.45) is 8.91. The van der Waals surface area contributed by atoms with E-state index in [2.05, 4.69) is 16.4 Å². The molecule has 5 atom stereocenters. The van der Waals surface area contributed by atoms with Crippen LogP contribution in [0.2, 0.25) is 0 Å². The van der Waals surface area contributed by atoms with Gasteiger partial charge in [-0.25, -0.2) is 9.18 Å². The summed E-state index contributed by atoms with van der Waals surface area (Å²) in [6, 6.07) is 10.4. The van der Waals surface area contributed by atoms with Crippen molar-refractivity contribution < 1.29 is 19.0 Å². The first-order chi connectivity index (χ1) is 14.5. The Balaban J connectivity index is 1.44. The topological polar surface area (TPSA) is 71.5 Å². The SMILES string of the molecule is CO[C@H]1C[C@H]2C[C@H](NC(=O)O)CC[C@H]2[C@@H]1C=Cc1ccc(-c2cccc(F)c2)cn1. The minimum atomic E-state index is -0.941. The van der Waals surface area contributed by atoms with Crippen LogP contribution in [-0.2, 0) is 4.74 Å². The smallest absolute Gasteiger partial charge is 0.404 e. The highest BCUT2D eigenvalue weighted by Gasteiger charge is 2.45. The van der Waals surface area contributed by atoms with Gasteiger partial charge in [0.15, 0.2) is 0 Å². The maximum absolute atomic E-state index is 13.4. The third-order valence-electron chi connectivity index (χ3n) is 6.56. The van der Waals surface area contributed by atoms with Gasteiger partial charge in [0.05, 0.1) is 11.8 Å². The minimum absolute atomic E-state index is 0.0426. The second kappa shape index (κ2) is 8.96. The molecule has 0 unspecified atom stereocenters. The standard InChI is InChI=1S/C24H27FN2O3/c1-30-23-13-17-12-20(27-24(28)29)8-9-21(17)22(23)10-7-19-6-5-16(14-26-19)15-3-2-4-18(25)11-15/h2-7,10-11,14,17,20-23,27H,8-9,12-13H2,1H3,(H,28,29)/t17-,20-,21-,22+,23+/m1/s1. The van der Waals surface area contributed by atoms with E-state index in [1.54, 1.807) is 19.4 Å². The molecule has 2 fully saturated rings. The Labute approximate surface area is 176 Å². The molecule has 1 heterocycles. The first kappa shape index (κ1) is 20.5. The number of amides is 1. The van der Waals surface area contributed by atoms with Crippen LogP contribution < -0.4 is 5.32 Å². The molecule has 0 radical (unpaired) electrons. The molecule has 158 valence electrons. The van der Waals surface area contributed by atoms with Gasteiger partial charge < -0.3 is 15.2 Å². The lowest BCUT2D eigenvalue weighted by atomic mass is 9.76. The molecule has 1 aromatic carbocycles. The lowest BCUT2D eigenvalue weighted by Gasteiger charge is -2.33. The Hall–Kier alpha value is -2.73. The summed E-state index contributed by atoms with van der Waals surface area (Å²) in [5, 5.41) is 11.6. The van der Waals surface area contributed by atoms with E-state index in [0.717, 1.165) is 42.5 Å². The third-order valence-corrected chi connectivity index (χ3v) is 6.56. The zero-order chi connectivity index (χ0) is 21.1. The lowest BCUT2D eigenvalue weighted by molar-refractivity contribution is 0.0778. The highest BCUT2D eigenvalue weighted by molar-refractivity contribution is 5.65. The van der Waals surface area contributed by atoms with Gasteiger partial charge in [0.1, 0.15) is 5.82 Å². The Morgan fingerprint density at radius 2 is 2.10 bits per heavy atom. The van der Waals surface area contributed by atoms with Crippen LogP contribution in [0.15, 0.2) is 48.7 Å². The molecule has 0 bridgehead atoms. The summed E-state index contributed by atoms with van der Waals surface area (Å²) in [5.74, 6) is 1.02.